The molecule has 5 aromatic rings. The van der Waals surface area contributed by atoms with E-state index in [1.165, 1.54) is 11.2 Å². The van der Waals surface area contributed by atoms with Crippen LogP contribution in [0.2, 0.25) is 5.02 Å². The van der Waals surface area contributed by atoms with Gasteiger partial charge >= 0.3 is 0 Å². The lowest BCUT2D eigenvalue weighted by molar-refractivity contribution is -0.117. The molecule has 9 nitrogen and oxygen atoms in total. The lowest BCUT2D eigenvalue weighted by atomic mass is 10.1. The average molecular weight is 585 g/mol. The van der Waals surface area contributed by atoms with E-state index in [-0.39, 0.29) is 24.9 Å². The standard InChI is InChI=1S/C32H29ClN4O5/c1-21-6-8-23(9-7-21)31(39)36(18-26-5-4-16-42-26)20-30(38)35-32-34-27(22-10-12-24(33)13-11-22)19-37(32)25-14-15-28(40-2)29(17-25)41-3/h4-17,19H,18,20H2,1-3H3,(H,34,35,38). The Bertz CT molecular complexity index is 1680. The van der Waals surface area contributed by atoms with Gasteiger partial charge in [0.2, 0.25) is 11.9 Å². The van der Waals surface area contributed by atoms with E-state index in [1.807, 2.05) is 37.3 Å². The highest BCUT2D eigenvalue weighted by Gasteiger charge is 2.22. The maximum atomic E-state index is 13.5. The van der Waals surface area contributed by atoms with Crippen molar-refractivity contribution in [2.24, 2.45) is 0 Å². The number of benzene rings is 3. The van der Waals surface area contributed by atoms with E-state index < -0.39 is 5.91 Å². The minimum absolute atomic E-state index is 0.118. The molecule has 0 spiro atoms. The first-order valence-corrected chi connectivity index (χ1v) is 13.5. The molecule has 0 saturated heterocycles. The highest BCUT2D eigenvalue weighted by Crippen LogP contribution is 2.32. The number of ether oxygens (including phenoxy) is 2. The summed E-state index contributed by atoms with van der Waals surface area (Å²) in [5.74, 6) is 1.16. The smallest absolute Gasteiger partial charge is 0.254 e. The molecule has 0 aliphatic heterocycles. The highest BCUT2D eigenvalue weighted by molar-refractivity contribution is 6.30. The Kier molecular flexibility index (Phi) is 8.59. The van der Waals surface area contributed by atoms with Gasteiger partial charge in [0.1, 0.15) is 12.3 Å². The number of aromatic nitrogens is 2. The molecule has 10 heteroatoms. The summed E-state index contributed by atoms with van der Waals surface area (Å²) in [7, 11) is 3.11. The van der Waals surface area contributed by atoms with Gasteiger partial charge in [-0.2, -0.15) is 0 Å². The minimum Gasteiger partial charge on any atom is -0.493 e. The van der Waals surface area contributed by atoms with Crippen molar-refractivity contribution in [3.63, 3.8) is 0 Å². The molecule has 0 aliphatic carbocycles. The quantitative estimate of drug-likeness (QED) is 0.204. The first kappa shape index (κ1) is 28.5. The van der Waals surface area contributed by atoms with Crippen molar-refractivity contribution in [1.29, 1.82) is 0 Å². The highest BCUT2D eigenvalue weighted by atomic mass is 35.5. The number of rotatable bonds is 10. The van der Waals surface area contributed by atoms with Gasteiger partial charge in [0.15, 0.2) is 11.5 Å². The summed E-state index contributed by atoms with van der Waals surface area (Å²) in [4.78, 5) is 33.1. The molecule has 3 aromatic carbocycles. The number of nitrogens with one attached hydrogen (secondary N) is 1. The molecule has 0 unspecified atom stereocenters. The van der Waals surface area contributed by atoms with Gasteiger partial charge in [-0.3, -0.25) is 19.5 Å². The number of furan rings is 1. The predicted molar refractivity (Wildman–Crippen MR) is 160 cm³/mol. The number of hydrogen-bond acceptors (Lipinski definition) is 6. The Morgan fingerprint density at radius 1 is 0.976 bits per heavy atom. The van der Waals surface area contributed by atoms with E-state index in [2.05, 4.69) is 5.32 Å². The number of methoxy groups -OCH3 is 2. The molecule has 214 valence electrons. The third kappa shape index (κ3) is 6.47. The van der Waals surface area contributed by atoms with Crippen LogP contribution < -0.4 is 14.8 Å². The van der Waals surface area contributed by atoms with E-state index in [0.717, 1.165) is 11.1 Å². The van der Waals surface area contributed by atoms with Gasteiger partial charge in [0.05, 0.1) is 38.4 Å². The molecule has 0 fully saturated rings. The summed E-state index contributed by atoms with van der Waals surface area (Å²) in [6.07, 6.45) is 3.33. The van der Waals surface area contributed by atoms with Crippen molar-refractivity contribution in [2.45, 2.75) is 13.5 Å². The molecule has 2 amide bonds. The molecular weight excluding hydrogens is 556 g/mol. The molecule has 42 heavy (non-hydrogen) atoms. The topological polar surface area (TPSA) is 98.8 Å². The zero-order chi connectivity index (χ0) is 29.6. The van der Waals surface area contributed by atoms with E-state index in [9.17, 15) is 9.59 Å². The van der Waals surface area contributed by atoms with Crippen LogP contribution in [0.4, 0.5) is 5.95 Å². The Hall–Kier alpha value is -5.02. The van der Waals surface area contributed by atoms with Crippen molar-refractivity contribution >= 4 is 29.4 Å². The van der Waals surface area contributed by atoms with Crippen LogP contribution >= 0.6 is 11.6 Å². The van der Waals surface area contributed by atoms with Crippen molar-refractivity contribution < 1.29 is 23.5 Å². The molecule has 2 aromatic heterocycles. The van der Waals surface area contributed by atoms with Gasteiger partial charge < -0.3 is 18.8 Å². The number of carbonyl (C=O) groups is 2. The Balaban J connectivity index is 1.46. The Labute approximate surface area is 248 Å². The Morgan fingerprint density at radius 2 is 1.71 bits per heavy atom. The third-order valence-corrected chi connectivity index (χ3v) is 6.84. The molecule has 5 rings (SSSR count). The van der Waals surface area contributed by atoms with E-state index >= 15 is 0 Å². The van der Waals surface area contributed by atoms with Crippen molar-refractivity contribution in [2.75, 3.05) is 26.1 Å². The van der Waals surface area contributed by atoms with Crippen LogP contribution in [0.25, 0.3) is 16.9 Å². The van der Waals surface area contributed by atoms with Gasteiger partial charge in [0, 0.05) is 28.4 Å². The maximum Gasteiger partial charge on any atom is 0.254 e. The van der Waals surface area contributed by atoms with Crippen LogP contribution in [0.5, 0.6) is 11.5 Å². The lowest BCUT2D eigenvalue weighted by Gasteiger charge is -2.21. The van der Waals surface area contributed by atoms with Crippen LogP contribution in [0, 0.1) is 6.92 Å². The minimum atomic E-state index is -0.433. The molecule has 2 heterocycles. The van der Waals surface area contributed by atoms with Crippen LogP contribution in [0.1, 0.15) is 21.7 Å². The van der Waals surface area contributed by atoms with E-state index in [0.29, 0.717) is 39.2 Å². The van der Waals surface area contributed by atoms with Crippen molar-refractivity contribution in [3.8, 4) is 28.4 Å². The zero-order valence-corrected chi connectivity index (χ0v) is 24.1. The van der Waals surface area contributed by atoms with Crippen molar-refractivity contribution in [3.05, 3.63) is 113 Å². The van der Waals surface area contributed by atoms with Gasteiger partial charge in [-0.25, -0.2) is 4.98 Å². The van der Waals surface area contributed by atoms with E-state index in [1.54, 1.807) is 73.5 Å². The second-order valence-corrected chi connectivity index (χ2v) is 9.96. The number of aryl methyl sites for hydroxylation is 1. The number of hydrogen-bond donors (Lipinski definition) is 1. The summed E-state index contributed by atoms with van der Waals surface area (Å²) in [5, 5.41) is 3.49. The number of halogens is 1. The zero-order valence-electron chi connectivity index (χ0n) is 23.3. The number of anilines is 1. The second-order valence-electron chi connectivity index (χ2n) is 9.52. The fourth-order valence-corrected chi connectivity index (χ4v) is 4.53. The lowest BCUT2D eigenvalue weighted by Crippen LogP contribution is -2.37. The maximum absolute atomic E-state index is 13.5. The molecule has 0 atom stereocenters. The van der Waals surface area contributed by atoms with Gasteiger partial charge in [-0.15, -0.1) is 0 Å². The number of carbonyl (C=O) groups excluding carboxylic acids is 2. The third-order valence-electron chi connectivity index (χ3n) is 6.59. The van der Waals surface area contributed by atoms with Crippen LogP contribution in [-0.2, 0) is 11.3 Å². The number of imidazole rings is 1. The summed E-state index contributed by atoms with van der Waals surface area (Å²) >= 11 is 6.09. The fourth-order valence-electron chi connectivity index (χ4n) is 4.41. The second kappa shape index (κ2) is 12.7. The molecule has 0 aliphatic rings. The summed E-state index contributed by atoms with van der Waals surface area (Å²) in [6.45, 7) is 1.83. The first-order valence-electron chi connectivity index (χ1n) is 13.1. The van der Waals surface area contributed by atoms with Gasteiger partial charge in [-0.1, -0.05) is 41.4 Å². The van der Waals surface area contributed by atoms with Crippen molar-refractivity contribution in [1.82, 2.24) is 14.5 Å². The molecular formula is C32H29ClN4O5. The fraction of sp³-hybridized carbons (Fsp3) is 0.156. The summed E-state index contributed by atoms with van der Waals surface area (Å²) < 4.78 is 18.1. The first-order chi connectivity index (χ1) is 20.3. The summed E-state index contributed by atoms with van der Waals surface area (Å²) in [5.41, 5.74) is 3.60. The largest absolute Gasteiger partial charge is 0.493 e. The predicted octanol–water partition coefficient (Wildman–Crippen LogP) is 6.39. The van der Waals surface area contributed by atoms with E-state index in [4.69, 9.17) is 30.5 Å². The van der Waals surface area contributed by atoms with Crippen LogP contribution in [-0.4, -0.2) is 47.0 Å². The van der Waals surface area contributed by atoms with Gasteiger partial charge in [-0.05, 0) is 55.5 Å². The van der Waals surface area contributed by atoms with Crippen LogP contribution in [0.15, 0.2) is 95.7 Å². The Morgan fingerprint density at radius 3 is 2.38 bits per heavy atom. The normalized spacial score (nSPS) is 10.8. The summed E-state index contributed by atoms with van der Waals surface area (Å²) in [6, 6.07) is 23.3. The molecule has 0 radical (unpaired) electrons. The monoisotopic (exact) mass is 584 g/mol. The van der Waals surface area contributed by atoms with Gasteiger partial charge in [0.25, 0.3) is 5.91 Å². The number of nitrogens with zero attached hydrogens (tertiary/aromatic N) is 3. The number of amides is 2. The SMILES string of the molecule is COc1ccc(-n2cc(-c3ccc(Cl)cc3)nc2NC(=O)CN(Cc2ccco2)C(=O)c2ccc(C)cc2)cc1OC. The average Bonchev–Trinajstić information content (AvgIpc) is 3.67. The molecule has 0 bridgehead atoms. The molecule has 0 saturated carbocycles. The van der Waals surface area contributed by atoms with Crippen LogP contribution in [0.3, 0.4) is 0 Å². The molecule has 1 N–H and O–H groups in total.